The van der Waals surface area contributed by atoms with Gasteiger partial charge >= 0.3 is 0 Å². The number of aliphatic hydroxyl groups excluding tert-OH is 1. The number of aliphatic hydroxyl groups is 1. The van der Waals surface area contributed by atoms with Gasteiger partial charge in [-0.2, -0.15) is 10.5 Å². The number of anilines is 1. The molecule has 1 fully saturated rings. The van der Waals surface area contributed by atoms with Gasteiger partial charge in [0.25, 0.3) is 0 Å². The molecular formula is C25H29N7O3S. The van der Waals surface area contributed by atoms with Crippen LogP contribution in [0.5, 0.6) is 0 Å². The predicted octanol–water partition coefficient (Wildman–Crippen LogP) is 1.11. The zero-order valence-corrected chi connectivity index (χ0v) is 20.8. The lowest BCUT2D eigenvalue weighted by Gasteiger charge is -2.34. The van der Waals surface area contributed by atoms with Gasteiger partial charge in [0.1, 0.15) is 34.3 Å². The summed E-state index contributed by atoms with van der Waals surface area (Å²) in [6.07, 6.45) is 1.62. The summed E-state index contributed by atoms with van der Waals surface area (Å²) in [6.45, 7) is 2.46. The number of pyridine rings is 1. The first-order chi connectivity index (χ1) is 17.3. The molecule has 2 heterocycles. The highest BCUT2D eigenvalue weighted by Crippen LogP contribution is 2.39. The van der Waals surface area contributed by atoms with E-state index in [1.165, 1.54) is 0 Å². The minimum atomic E-state index is -0.970. The lowest BCUT2D eigenvalue weighted by molar-refractivity contribution is -0.124. The monoisotopic (exact) mass is 507 g/mol. The van der Waals surface area contributed by atoms with E-state index in [0.717, 1.165) is 11.8 Å². The Morgan fingerprint density at radius 2 is 1.86 bits per heavy atom. The molecule has 2 atom stereocenters. The number of carbonyl (C=O) groups excluding carboxylic acids is 2. The van der Waals surface area contributed by atoms with Crippen LogP contribution in [0.3, 0.4) is 0 Å². The normalized spacial score (nSPS) is 15.4. The third-order valence-electron chi connectivity index (χ3n) is 6.09. The van der Waals surface area contributed by atoms with Crippen LogP contribution in [0.2, 0.25) is 0 Å². The number of hydrogen-bond acceptors (Lipinski definition) is 9. The number of hydrogen-bond donors (Lipinski definition) is 4. The molecule has 1 aromatic heterocycles. The molecule has 10 nitrogen and oxygen atoms in total. The Kier molecular flexibility index (Phi) is 9.25. The smallest absolute Gasteiger partial charge is 0.239 e. The van der Waals surface area contributed by atoms with E-state index in [-0.39, 0.29) is 11.6 Å². The Labute approximate surface area is 214 Å². The molecule has 2 amide bonds. The van der Waals surface area contributed by atoms with Crippen LogP contribution in [0.15, 0.2) is 35.4 Å². The van der Waals surface area contributed by atoms with E-state index >= 15 is 0 Å². The lowest BCUT2D eigenvalue weighted by atomic mass is 9.99. The molecule has 2 unspecified atom stereocenters. The second-order valence-corrected chi connectivity index (χ2v) is 9.51. The molecule has 1 aliphatic rings. The fourth-order valence-electron chi connectivity index (χ4n) is 4.15. The highest BCUT2D eigenvalue weighted by Gasteiger charge is 2.29. The summed E-state index contributed by atoms with van der Waals surface area (Å²) in [6, 6.07) is 12.3. The van der Waals surface area contributed by atoms with Crippen LogP contribution < -0.4 is 21.7 Å². The van der Waals surface area contributed by atoms with E-state index in [1.807, 2.05) is 30.0 Å². The van der Waals surface area contributed by atoms with Gasteiger partial charge in [0, 0.05) is 19.1 Å². The van der Waals surface area contributed by atoms with E-state index in [2.05, 4.69) is 17.5 Å². The molecule has 1 saturated heterocycles. The largest absolute Gasteiger partial charge is 0.394 e. The lowest BCUT2D eigenvalue weighted by Crippen LogP contribution is -2.50. The van der Waals surface area contributed by atoms with Gasteiger partial charge in [0.05, 0.1) is 17.7 Å². The van der Waals surface area contributed by atoms with Crippen LogP contribution in [-0.2, 0) is 16.0 Å². The molecular weight excluding hydrogens is 478 g/mol. The van der Waals surface area contributed by atoms with Crippen molar-refractivity contribution in [1.82, 2.24) is 10.3 Å². The number of piperidine rings is 1. The van der Waals surface area contributed by atoms with Crippen molar-refractivity contribution in [3.8, 4) is 12.1 Å². The first-order valence-corrected chi connectivity index (χ1v) is 12.5. The Morgan fingerprint density at radius 3 is 2.39 bits per heavy atom. The summed E-state index contributed by atoms with van der Waals surface area (Å²) in [7, 11) is 0. The van der Waals surface area contributed by atoms with Crippen molar-refractivity contribution in [1.29, 1.82) is 10.5 Å². The molecule has 0 aliphatic carbocycles. The minimum absolute atomic E-state index is 0.118. The van der Waals surface area contributed by atoms with Crippen LogP contribution in [0.4, 0.5) is 5.82 Å². The van der Waals surface area contributed by atoms with E-state index in [0.29, 0.717) is 59.9 Å². The molecule has 36 heavy (non-hydrogen) atoms. The van der Waals surface area contributed by atoms with E-state index in [4.69, 9.17) is 21.6 Å². The average Bonchev–Trinajstić information content (AvgIpc) is 2.90. The molecule has 3 rings (SSSR count). The van der Waals surface area contributed by atoms with Crippen LogP contribution in [0.1, 0.15) is 47.3 Å². The van der Waals surface area contributed by atoms with Gasteiger partial charge in [-0.15, -0.1) is 0 Å². The SMILES string of the molecule is CCc1c(C#N)c(SC(C(N)=O)c2ccccc2)nc(N2CCC(NC(=O)C(N)CO)CC2)c1C#N. The Hall–Kier alpha value is -3.64. The second kappa shape index (κ2) is 12.4. The molecule has 188 valence electrons. The number of nitrogens with zero attached hydrogens (tertiary/aromatic N) is 4. The average molecular weight is 508 g/mol. The van der Waals surface area contributed by atoms with E-state index in [1.54, 1.807) is 12.1 Å². The number of aromatic nitrogens is 1. The summed E-state index contributed by atoms with van der Waals surface area (Å²) < 4.78 is 0. The predicted molar refractivity (Wildman–Crippen MR) is 136 cm³/mol. The van der Waals surface area contributed by atoms with Crippen molar-refractivity contribution in [3.63, 3.8) is 0 Å². The van der Waals surface area contributed by atoms with E-state index < -0.39 is 29.7 Å². The Bertz CT molecular complexity index is 1180. The molecule has 0 radical (unpaired) electrons. The molecule has 0 bridgehead atoms. The highest BCUT2D eigenvalue weighted by atomic mass is 32.2. The van der Waals surface area contributed by atoms with Gasteiger partial charge in [-0.05, 0) is 30.4 Å². The third kappa shape index (κ3) is 5.94. The Morgan fingerprint density at radius 1 is 1.22 bits per heavy atom. The number of rotatable bonds is 9. The number of nitriles is 2. The number of nitrogens with one attached hydrogen (secondary N) is 1. The van der Waals surface area contributed by atoms with Crippen molar-refractivity contribution < 1.29 is 14.7 Å². The van der Waals surface area contributed by atoms with Gasteiger partial charge in [0.2, 0.25) is 11.8 Å². The standard InChI is InChI=1S/C25H29N7O3S/c1-2-17-18(12-26)23(32-10-8-16(9-11-32)30-24(35)20(28)14-33)31-25(19(17)13-27)36-21(22(29)34)15-6-4-3-5-7-15/h3-7,16,20-21,33H,2,8-11,14,28H2,1H3,(H2,29,34)(H,30,35). The molecule has 1 aromatic carbocycles. The topological polar surface area (TPSA) is 182 Å². The first kappa shape index (κ1) is 27.0. The first-order valence-electron chi connectivity index (χ1n) is 11.6. The maximum absolute atomic E-state index is 12.3. The molecule has 2 aromatic rings. The van der Waals surface area contributed by atoms with Crippen LogP contribution in [-0.4, -0.2) is 53.7 Å². The summed E-state index contributed by atoms with van der Waals surface area (Å²) in [5.74, 6) is -0.516. The van der Waals surface area contributed by atoms with Gasteiger partial charge in [-0.1, -0.05) is 49.0 Å². The molecule has 11 heteroatoms. The van der Waals surface area contributed by atoms with Crippen LogP contribution in [0, 0.1) is 22.7 Å². The van der Waals surface area contributed by atoms with Gasteiger partial charge in [0.15, 0.2) is 0 Å². The van der Waals surface area contributed by atoms with Crippen molar-refractivity contribution >= 4 is 29.4 Å². The number of nitrogens with two attached hydrogens (primary N) is 2. The van der Waals surface area contributed by atoms with Crippen molar-refractivity contribution in [2.24, 2.45) is 11.5 Å². The number of carbonyl (C=O) groups is 2. The summed E-state index contributed by atoms with van der Waals surface area (Å²) in [4.78, 5) is 31.0. The molecule has 0 spiro atoms. The maximum atomic E-state index is 12.3. The minimum Gasteiger partial charge on any atom is -0.394 e. The van der Waals surface area contributed by atoms with Crippen LogP contribution >= 0.6 is 11.8 Å². The summed E-state index contributed by atoms with van der Waals surface area (Å²) >= 11 is 1.10. The molecule has 6 N–H and O–H groups in total. The number of amides is 2. The fourth-order valence-corrected chi connectivity index (χ4v) is 5.21. The molecule has 0 saturated carbocycles. The van der Waals surface area contributed by atoms with Crippen molar-refractivity contribution in [2.75, 3.05) is 24.6 Å². The summed E-state index contributed by atoms with van der Waals surface area (Å²) in [5.41, 5.74) is 13.2. The maximum Gasteiger partial charge on any atom is 0.239 e. The summed E-state index contributed by atoms with van der Waals surface area (Å²) in [5, 5.41) is 31.4. The van der Waals surface area contributed by atoms with Crippen molar-refractivity contribution in [3.05, 3.63) is 52.6 Å². The third-order valence-corrected chi connectivity index (χ3v) is 7.35. The van der Waals surface area contributed by atoms with E-state index in [9.17, 15) is 20.1 Å². The quantitative estimate of drug-likeness (QED) is 0.361. The van der Waals surface area contributed by atoms with Crippen molar-refractivity contribution in [2.45, 2.75) is 48.5 Å². The Balaban J connectivity index is 1.94. The number of thioether (sulfide) groups is 1. The van der Waals surface area contributed by atoms with Gasteiger partial charge in [-0.25, -0.2) is 4.98 Å². The number of primary amides is 1. The second-order valence-electron chi connectivity index (χ2n) is 8.42. The zero-order valence-electron chi connectivity index (χ0n) is 20.0. The highest BCUT2D eigenvalue weighted by molar-refractivity contribution is 8.00. The fraction of sp³-hybridized carbons (Fsp3) is 0.400. The molecule has 1 aliphatic heterocycles. The van der Waals surface area contributed by atoms with Gasteiger partial charge in [-0.3, -0.25) is 9.59 Å². The van der Waals surface area contributed by atoms with Crippen LogP contribution in [0.25, 0.3) is 0 Å². The van der Waals surface area contributed by atoms with Gasteiger partial charge < -0.3 is 26.8 Å². The number of benzene rings is 1. The zero-order chi connectivity index (χ0) is 26.2.